The molecule has 1 atom stereocenters. The van der Waals surface area contributed by atoms with E-state index in [9.17, 15) is 4.39 Å². The number of morpholine rings is 1. The molecule has 1 fully saturated rings. The largest absolute Gasteiger partial charge is 0.385 e. The Morgan fingerprint density at radius 2 is 2.00 bits per heavy atom. The molecule has 3 heterocycles. The van der Waals surface area contributed by atoms with Crippen molar-refractivity contribution in [3.8, 4) is 11.3 Å². The first-order valence-corrected chi connectivity index (χ1v) is 10.7. The molecular formula is C22H25ClFN5O2. The number of anilines is 1. The van der Waals surface area contributed by atoms with Gasteiger partial charge in [-0.1, -0.05) is 11.6 Å². The number of ether oxygens (including phenoxy) is 2. The van der Waals surface area contributed by atoms with Crippen LogP contribution in [0, 0.1) is 19.7 Å². The topological polar surface area (TPSA) is 73.3 Å². The Labute approximate surface area is 185 Å². The molecule has 164 valence electrons. The highest BCUT2D eigenvalue weighted by Gasteiger charge is 2.25. The number of rotatable bonds is 6. The lowest BCUT2D eigenvalue weighted by Crippen LogP contribution is -2.43. The lowest BCUT2D eigenvalue weighted by Gasteiger charge is -2.33. The van der Waals surface area contributed by atoms with Crippen LogP contribution < -0.4 is 4.90 Å². The van der Waals surface area contributed by atoms with Gasteiger partial charge < -0.3 is 14.4 Å². The molecule has 7 nitrogen and oxygen atoms in total. The van der Waals surface area contributed by atoms with Gasteiger partial charge in [-0.2, -0.15) is 4.98 Å². The third-order valence-electron chi connectivity index (χ3n) is 5.41. The molecule has 1 aliphatic rings. The van der Waals surface area contributed by atoms with E-state index in [0.717, 1.165) is 24.2 Å². The summed E-state index contributed by atoms with van der Waals surface area (Å²) < 4.78 is 25.8. The van der Waals surface area contributed by atoms with Crippen LogP contribution in [0.3, 0.4) is 0 Å². The molecule has 0 bridgehead atoms. The summed E-state index contributed by atoms with van der Waals surface area (Å²) in [6, 6.07) is 4.54. The van der Waals surface area contributed by atoms with Crippen molar-refractivity contribution in [2.75, 3.05) is 38.3 Å². The SMILES string of the molecule is COCCCC1CN(c2nc(-c3ccc(Cl)cc3F)c3nc(C)c(C)nc3n2)CCO1. The molecule has 31 heavy (non-hydrogen) atoms. The van der Waals surface area contributed by atoms with E-state index in [-0.39, 0.29) is 6.10 Å². The normalized spacial score (nSPS) is 16.8. The van der Waals surface area contributed by atoms with E-state index in [0.29, 0.717) is 59.7 Å². The highest BCUT2D eigenvalue weighted by molar-refractivity contribution is 6.30. The van der Waals surface area contributed by atoms with E-state index >= 15 is 0 Å². The number of halogens is 2. The lowest BCUT2D eigenvalue weighted by atomic mass is 10.1. The number of hydrogen-bond acceptors (Lipinski definition) is 7. The second-order valence-corrected chi connectivity index (χ2v) is 8.07. The van der Waals surface area contributed by atoms with Gasteiger partial charge in [-0.15, -0.1) is 0 Å². The molecule has 9 heteroatoms. The van der Waals surface area contributed by atoms with Crippen molar-refractivity contribution < 1.29 is 13.9 Å². The second-order valence-electron chi connectivity index (χ2n) is 7.64. The molecule has 0 spiro atoms. The molecule has 4 rings (SSSR count). The summed E-state index contributed by atoms with van der Waals surface area (Å²) in [6.07, 6.45) is 1.86. The molecule has 0 N–H and O–H groups in total. The number of hydrogen-bond donors (Lipinski definition) is 0. The minimum absolute atomic E-state index is 0.0600. The van der Waals surface area contributed by atoms with Gasteiger partial charge >= 0.3 is 0 Å². The van der Waals surface area contributed by atoms with Gasteiger partial charge in [0, 0.05) is 37.4 Å². The highest BCUT2D eigenvalue weighted by atomic mass is 35.5. The molecule has 1 unspecified atom stereocenters. The van der Waals surface area contributed by atoms with E-state index in [1.165, 1.54) is 6.07 Å². The monoisotopic (exact) mass is 445 g/mol. The van der Waals surface area contributed by atoms with Gasteiger partial charge in [-0.3, -0.25) is 0 Å². The first kappa shape index (κ1) is 21.8. The zero-order valence-corrected chi connectivity index (χ0v) is 18.6. The van der Waals surface area contributed by atoms with Gasteiger partial charge in [0.15, 0.2) is 5.65 Å². The molecule has 0 amide bonds. The molecule has 1 aromatic carbocycles. The zero-order valence-electron chi connectivity index (χ0n) is 17.9. The first-order chi connectivity index (χ1) is 15.0. The molecular weight excluding hydrogens is 421 g/mol. The fourth-order valence-electron chi connectivity index (χ4n) is 3.64. The summed E-state index contributed by atoms with van der Waals surface area (Å²) in [5.41, 5.74) is 3.17. The smallest absolute Gasteiger partial charge is 0.228 e. The summed E-state index contributed by atoms with van der Waals surface area (Å²) in [7, 11) is 1.69. The number of methoxy groups -OCH3 is 1. The van der Waals surface area contributed by atoms with Crippen LogP contribution in [-0.2, 0) is 9.47 Å². The van der Waals surface area contributed by atoms with Crippen LogP contribution in [0.25, 0.3) is 22.4 Å². The minimum Gasteiger partial charge on any atom is -0.385 e. The Hall–Kier alpha value is -2.42. The first-order valence-electron chi connectivity index (χ1n) is 10.3. The Balaban J connectivity index is 1.77. The third-order valence-corrected chi connectivity index (χ3v) is 5.65. The third kappa shape index (κ3) is 4.76. The molecule has 0 aliphatic carbocycles. The standard InChI is InChI=1S/C22H25ClFN5O2/c1-13-14(2)26-21-20(25-13)19(17-7-6-15(23)11-18(17)24)27-22(28-21)29-8-10-31-16(12-29)5-4-9-30-3/h6-7,11,16H,4-5,8-10,12H2,1-3H3. The number of aromatic nitrogens is 4. The Kier molecular flexibility index (Phi) is 6.60. The summed E-state index contributed by atoms with van der Waals surface area (Å²) in [4.78, 5) is 20.7. The summed E-state index contributed by atoms with van der Waals surface area (Å²) in [5.74, 6) is 0.0346. The van der Waals surface area contributed by atoms with Gasteiger partial charge in [-0.05, 0) is 44.9 Å². The number of fused-ring (bicyclic) bond motifs is 1. The van der Waals surface area contributed by atoms with Crippen LogP contribution in [0.15, 0.2) is 18.2 Å². The van der Waals surface area contributed by atoms with Crippen LogP contribution in [0.2, 0.25) is 5.02 Å². The fourth-order valence-corrected chi connectivity index (χ4v) is 3.80. The lowest BCUT2D eigenvalue weighted by molar-refractivity contribution is 0.0288. The quantitative estimate of drug-likeness (QED) is 0.528. The maximum atomic E-state index is 14.8. The van der Waals surface area contributed by atoms with Crippen molar-refractivity contribution in [2.24, 2.45) is 0 Å². The number of aryl methyl sites for hydroxylation is 2. The van der Waals surface area contributed by atoms with E-state index in [2.05, 4.69) is 19.9 Å². The average molecular weight is 446 g/mol. The summed E-state index contributed by atoms with van der Waals surface area (Å²) in [5, 5.41) is 0.324. The van der Waals surface area contributed by atoms with Crippen LogP contribution in [0.1, 0.15) is 24.2 Å². The van der Waals surface area contributed by atoms with Crippen LogP contribution in [0.5, 0.6) is 0 Å². The maximum absolute atomic E-state index is 14.8. The summed E-state index contributed by atoms with van der Waals surface area (Å²) in [6.45, 7) is 6.31. The molecule has 1 saturated heterocycles. The zero-order chi connectivity index (χ0) is 22.0. The van der Waals surface area contributed by atoms with E-state index in [4.69, 9.17) is 26.1 Å². The van der Waals surface area contributed by atoms with Crippen LogP contribution >= 0.6 is 11.6 Å². The van der Waals surface area contributed by atoms with Gasteiger partial charge in [0.25, 0.3) is 0 Å². The molecule has 2 aromatic heterocycles. The predicted molar refractivity (Wildman–Crippen MR) is 118 cm³/mol. The Bertz CT molecular complexity index is 1100. The molecule has 0 saturated carbocycles. The van der Waals surface area contributed by atoms with E-state index in [1.807, 2.05) is 13.8 Å². The predicted octanol–water partition coefficient (Wildman–Crippen LogP) is 4.13. The highest BCUT2D eigenvalue weighted by Crippen LogP contribution is 2.31. The van der Waals surface area contributed by atoms with Crippen molar-refractivity contribution in [2.45, 2.75) is 32.8 Å². The average Bonchev–Trinajstić information content (AvgIpc) is 2.75. The van der Waals surface area contributed by atoms with Gasteiger partial charge in [0.1, 0.15) is 17.0 Å². The van der Waals surface area contributed by atoms with Gasteiger partial charge in [0.2, 0.25) is 5.95 Å². The van der Waals surface area contributed by atoms with Gasteiger partial charge in [-0.25, -0.2) is 19.3 Å². The molecule has 1 aliphatic heterocycles. The maximum Gasteiger partial charge on any atom is 0.228 e. The minimum atomic E-state index is -0.460. The Morgan fingerprint density at radius 3 is 2.77 bits per heavy atom. The van der Waals surface area contributed by atoms with Crippen molar-refractivity contribution in [1.82, 2.24) is 19.9 Å². The Morgan fingerprint density at radius 1 is 1.19 bits per heavy atom. The van der Waals surface area contributed by atoms with Crippen molar-refractivity contribution in [3.63, 3.8) is 0 Å². The van der Waals surface area contributed by atoms with Crippen molar-refractivity contribution in [3.05, 3.63) is 40.4 Å². The van der Waals surface area contributed by atoms with Crippen LogP contribution in [0.4, 0.5) is 10.3 Å². The van der Waals surface area contributed by atoms with Crippen molar-refractivity contribution >= 4 is 28.7 Å². The van der Waals surface area contributed by atoms with E-state index < -0.39 is 5.82 Å². The number of nitrogens with zero attached hydrogens (tertiary/aromatic N) is 5. The van der Waals surface area contributed by atoms with E-state index in [1.54, 1.807) is 19.2 Å². The molecule has 3 aromatic rings. The number of benzene rings is 1. The van der Waals surface area contributed by atoms with Crippen LogP contribution in [-0.4, -0.2) is 59.5 Å². The summed E-state index contributed by atoms with van der Waals surface area (Å²) >= 11 is 5.96. The second kappa shape index (κ2) is 9.38. The van der Waals surface area contributed by atoms with Gasteiger partial charge in [0.05, 0.1) is 24.1 Å². The fraction of sp³-hybridized carbons (Fsp3) is 0.455. The molecule has 0 radical (unpaired) electrons. The van der Waals surface area contributed by atoms with Crippen molar-refractivity contribution in [1.29, 1.82) is 0 Å².